The second kappa shape index (κ2) is 22.2. The summed E-state index contributed by atoms with van der Waals surface area (Å²) in [7, 11) is 0. The minimum absolute atomic E-state index is 0.000672. The fourth-order valence-electron chi connectivity index (χ4n) is 4.16. The maximum Gasteiger partial charge on any atom is 0.160 e. The van der Waals surface area contributed by atoms with Crippen molar-refractivity contribution in [1.82, 2.24) is 0 Å². The van der Waals surface area contributed by atoms with E-state index in [9.17, 15) is 0 Å². The second-order valence-corrected chi connectivity index (χ2v) is 8.03. The second-order valence-electron chi connectivity index (χ2n) is 8.03. The van der Waals surface area contributed by atoms with Gasteiger partial charge in [-0.15, -0.1) is 0 Å². The molecule has 0 aliphatic carbocycles. The Morgan fingerprint density at radius 1 is 0.424 bits per heavy atom. The first-order valence-electron chi connectivity index (χ1n) is 13.3. The zero-order valence-corrected chi connectivity index (χ0v) is 22.8. The van der Waals surface area contributed by atoms with Gasteiger partial charge in [0, 0.05) is 65.5 Å². The van der Waals surface area contributed by atoms with E-state index in [0.717, 1.165) is 32.3 Å². The third-order valence-corrected chi connectivity index (χ3v) is 5.47. The highest BCUT2D eigenvalue weighted by Crippen LogP contribution is 2.23. The van der Waals surface area contributed by atoms with E-state index in [1.165, 1.54) is 0 Å². The lowest BCUT2D eigenvalue weighted by Crippen LogP contribution is -2.38. The van der Waals surface area contributed by atoms with Crippen LogP contribution in [0.15, 0.2) is 0 Å². The predicted octanol–water partition coefficient (Wildman–Crippen LogP) is 5.38. The molecule has 0 rings (SSSR count). The monoisotopic (exact) mass is 478 g/mol. The van der Waals surface area contributed by atoms with Gasteiger partial charge in [-0.25, -0.2) is 0 Å². The highest BCUT2D eigenvalue weighted by Gasteiger charge is 2.29. The van der Waals surface area contributed by atoms with Crippen LogP contribution in [-0.4, -0.2) is 83.1 Å². The largest absolute Gasteiger partial charge is 0.379 e. The number of rotatable bonds is 24. The van der Waals surface area contributed by atoms with Crippen molar-refractivity contribution in [3.63, 3.8) is 0 Å². The Kier molecular flexibility index (Phi) is 22.0. The van der Waals surface area contributed by atoms with Crippen LogP contribution in [0, 0.1) is 0 Å². The minimum atomic E-state index is -0.266. The van der Waals surface area contributed by atoms with Crippen LogP contribution in [0.1, 0.15) is 87.5 Å². The summed E-state index contributed by atoms with van der Waals surface area (Å²) in [5.74, 6) is 0. The molecule has 0 saturated carbocycles. The normalized spacial score (nSPS) is 16.6. The lowest BCUT2D eigenvalue weighted by atomic mass is 9.97. The zero-order chi connectivity index (χ0) is 24.9. The first kappa shape index (κ1) is 32.7. The number of ether oxygens (including phenoxy) is 7. The molecule has 7 nitrogen and oxygen atoms in total. The third kappa shape index (κ3) is 16.1. The molecule has 0 radical (unpaired) electrons. The molecule has 0 amide bonds. The molecule has 33 heavy (non-hydrogen) atoms. The summed E-state index contributed by atoms with van der Waals surface area (Å²) in [4.78, 5) is 0. The summed E-state index contributed by atoms with van der Waals surface area (Å²) >= 11 is 0. The lowest BCUT2D eigenvalue weighted by molar-refractivity contribution is -0.162. The molecule has 0 fully saturated rings. The molecule has 0 aromatic rings. The molecule has 0 heterocycles. The van der Waals surface area contributed by atoms with Gasteiger partial charge in [-0.3, -0.25) is 0 Å². The van der Waals surface area contributed by atoms with Crippen LogP contribution in [0.5, 0.6) is 0 Å². The molecule has 0 bridgehead atoms. The van der Waals surface area contributed by atoms with Crippen LogP contribution in [0.3, 0.4) is 0 Å². The maximum absolute atomic E-state index is 6.19. The lowest BCUT2D eigenvalue weighted by Gasteiger charge is -2.32. The number of hydrogen-bond acceptors (Lipinski definition) is 7. The first-order chi connectivity index (χ1) is 16.0. The van der Waals surface area contributed by atoms with E-state index in [-0.39, 0.29) is 36.8 Å². The van der Waals surface area contributed by atoms with Crippen molar-refractivity contribution in [1.29, 1.82) is 0 Å². The molecule has 7 heteroatoms. The van der Waals surface area contributed by atoms with Crippen LogP contribution >= 0.6 is 0 Å². The molecule has 0 aromatic carbocycles. The predicted molar refractivity (Wildman–Crippen MR) is 133 cm³/mol. The van der Waals surface area contributed by atoms with Crippen LogP contribution < -0.4 is 0 Å². The van der Waals surface area contributed by atoms with Gasteiger partial charge in [0.15, 0.2) is 6.29 Å². The Balaban J connectivity index is 5.30. The summed E-state index contributed by atoms with van der Waals surface area (Å²) in [5, 5.41) is 0. The Hall–Kier alpha value is -0.280. The van der Waals surface area contributed by atoms with Gasteiger partial charge in [-0.1, -0.05) is 0 Å². The third-order valence-electron chi connectivity index (χ3n) is 5.47. The Morgan fingerprint density at radius 2 is 0.879 bits per heavy atom. The summed E-state index contributed by atoms with van der Waals surface area (Å²) in [6, 6.07) is 0. The molecule has 0 saturated heterocycles. The van der Waals surface area contributed by atoms with Crippen LogP contribution in [0.2, 0.25) is 0 Å². The van der Waals surface area contributed by atoms with E-state index in [2.05, 4.69) is 6.92 Å². The van der Waals surface area contributed by atoms with E-state index < -0.39 is 0 Å². The zero-order valence-electron chi connectivity index (χ0n) is 22.8. The molecule has 200 valence electrons. The van der Waals surface area contributed by atoms with Gasteiger partial charge in [0.25, 0.3) is 0 Å². The standard InChI is InChI=1S/C26H54O7/c1-9-27-21(8)16-17-24(30-12-4)25(31-13-5)19-22(28-10-2)18-23(29-11-3)20-26(32-14-6)33-15-7/h21-26H,9-20H2,1-8H3. The van der Waals surface area contributed by atoms with E-state index in [1.54, 1.807) is 0 Å². The van der Waals surface area contributed by atoms with E-state index in [0.29, 0.717) is 46.1 Å². The summed E-state index contributed by atoms with van der Waals surface area (Å²) in [6.07, 6.45) is 3.92. The minimum Gasteiger partial charge on any atom is -0.379 e. The number of hydrogen-bond donors (Lipinski definition) is 0. The molecular formula is C26H54O7. The smallest absolute Gasteiger partial charge is 0.160 e. The highest BCUT2D eigenvalue weighted by molar-refractivity contribution is 4.79. The fraction of sp³-hybridized carbons (Fsp3) is 1.00. The van der Waals surface area contributed by atoms with Crippen molar-refractivity contribution < 1.29 is 33.2 Å². The van der Waals surface area contributed by atoms with Gasteiger partial charge < -0.3 is 33.2 Å². The summed E-state index contributed by atoms with van der Waals surface area (Å²) in [5.41, 5.74) is 0. The average molecular weight is 479 g/mol. The molecular weight excluding hydrogens is 424 g/mol. The van der Waals surface area contributed by atoms with E-state index in [1.807, 2.05) is 48.5 Å². The summed E-state index contributed by atoms with van der Waals surface area (Å²) < 4.78 is 41.8. The molecule has 5 unspecified atom stereocenters. The van der Waals surface area contributed by atoms with Crippen molar-refractivity contribution in [3.8, 4) is 0 Å². The molecule has 0 aliphatic heterocycles. The van der Waals surface area contributed by atoms with Crippen molar-refractivity contribution in [3.05, 3.63) is 0 Å². The van der Waals surface area contributed by atoms with Crippen molar-refractivity contribution in [2.24, 2.45) is 0 Å². The van der Waals surface area contributed by atoms with Gasteiger partial charge in [0.2, 0.25) is 0 Å². The van der Waals surface area contributed by atoms with Crippen molar-refractivity contribution in [2.45, 2.75) is 124 Å². The quantitative estimate of drug-likeness (QED) is 0.173. The molecule has 0 aliphatic rings. The Bertz CT molecular complexity index is 404. The molecule has 5 atom stereocenters. The fourth-order valence-corrected chi connectivity index (χ4v) is 4.16. The van der Waals surface area contributed by atoms with Gasteiger partial charge in [-0.05, 0) is 68.2 Å². The average Bonchev–Trinajstić information content (AvgIpc) is 2.77. The molecule has 0 spiro atoms. The highest BCUT2D eigenvalue weighted by atomic mass is 16.7. The van der Waals surface area contributed by atoms with Crippen molar-refractivity contribution >= 4 is 0 Å². The van der Waals surface area contributed by atoms with Gasteiger partial charge >= 0.3 is 0 Å². The van der Waals surface area contributed by atoms with Crippen LogP contribution in [0.25, 0.3) is 0 Å². The summed E-state index contributed by atoms with van der Waals surface area (Å²) in [6.45, 7) is 20.8. The van der Waals surface area contributed by atoms with E-state index in [4.69, 9.17) is 33.2 Å². The topological polar surface area (TPSA) is 64.6 Å². The van der Waals surface area contributed by atoms with Crippen LogP contribution in [0.4, 0.5) is 0 Å². The van der Waals surface area contributed by atoms with Gasteiger partial charge in [0.05, 0.1) is 30.5 Å². The Morgan fingerprint density at radius 3 is 1.36 bits per heavy atom. The molecule has 0 N–H and O–H groups in total. The maximum atomic E-state index is 6.19. The van der Waals surface area contributed by atoms with Crippen LogP contribution in [-0.2, 0) is 33.2 Å². The van der Waals surface area contributed by atoms with E-state index >= 15 is 0 Å². The van der Waals surface area contributed by atoms with Gasteiger partial charge in [0.1, 0.15) is 0 Å². The van der Waals surface area contributed by atoms with Gasteiger partial charge in [-0.2, -0.15) is 0 Å². The SMILES string of the molecule is CCOC(C)CCC(OCC)C(CC(CC(CC(OCC)OCC)OCC)OCC)OCC. The van der Waals surface area contributed by atoms with Crippen molar-refractivity contribution in [2.75, 3.05) is 46.2 Å². The Labute approximate surface area is 204 Å². The first-order valence-corrected chi connectivity index (χ1v) is 13.3. The molecule has 0 aromatic heterocycles.